The summed E-state index contributed by atoms with van der Waals surface area (Å²) < 4.78 is 16.8. The number of hydrogen-bond donors (Lipinski definition) is 0. The molecule has 0 fully saturated rings. The molecule has 0 saturated heterocycles. The van der Waals surface area contributed by atoms with Gasteiger partial charge in [0, 0.05) is 19.3 Å². The Morgan fingerprint density at radius 1 is 0.300 bits per heavy atom. The van der Waals surface area contributed by atoms with Crippen LogP contribution in [0.5, 0.6) is 0 Å². The maximum absolute atomic E-state index is 12.8. The molecule has 0 rings (SSSR count). The highest BCUT2D eigenvalue weighted by Crippen LogP contribution is 2.15. The number of ether oxygens (including phenoxy) is 3. The van der Waals surface area contributed by atoms with Gasteiger partial charge in [-0.25, -0.2) is 0 Å². The van der Waals surface area contributed by atoms with Crippen LogP contribution in [0.3, 0.4) is 0 Å². The van der Waals surface area contributed by atoms with Crippen molar-refractivity contribution in [2.24, 2.45) is 0 Å². The van der Waals surface area contributed by atoms with Gasteiger partial charge in [0.25, 0.3) is 0 Å². The minimum absolute atomic E-state index is 0.0807. The lowest BCUT2D eigenvalue weighted by molar-refractivity contribution is -0.167. The molecular weight excluding hydrogens is 865 g/mol. The summed E-state index contributed by atoms with van der Waals surface area (Å²) in [5.41, 5.74) is 0. The second-order valence-corrected chi connectivity index (χ2v) is 19.5. The molecule has 0 aliphatic rings. The van der Waals surface area contributed by atoms with Crippen molar-refractivity contribution in [1.82, 2.24) is 0 Å². The zero-order valence-electron chi connectivity index (χ0n) is 46.0. The molecule has 0 bridgehead atoms. The van der Waals surface area contributed by atoms with Crippen molar-refractivity contribution in [3.8, 4) is 0 Å². The Labute approximate surface area is 433 Å². The third kappa shape index (κ3) is 55.5. The van der Waals surface area contributed by atoms with E-state index in [-0.39, 0.29) is 31.1 Å². The molecule has 0 aliphatic heterocycles. The normalized spacial score (nSPS) is 12.7. The fraction of sp³-hybridized carbons (Fsp3) is 0.734. The van der Waals surface area contributed by atoms with Gasteiger partial charge >= 0.3 is 17.9 Å². The fourth-order valence-corrected chi connectivity index (χ4v) is 8.21. The van der Waals surface area contributed by atoms with E-state index in [4.69, 9.17) is 14.2 Å². The van der Waals surface area contributed by atoms with Gasteiger partial charge < -0.3 is 14.2 Å². The van der Waals surface area contributed by atoms with Crippen LogP contribution < -0.4 is 0 Å². The maximum atomic E-state index is 12.8. The summed E-state index contributed by atoms with van der Waals surface area (Å²) >= 11 is 0. The van der Waals surface area contributed by atoms with Crippen LogP contribution in [0.4, 0.5) is 0 Å². The molecule has 0 spiro atoms. The molecule has 6 heteroatoms. The SMILES string of the molecule is CC/C=C\C/C=C\C/C=C\C/C=C\CCCCCCCCCCC(=O)OC(COC(=O)CCCCCCCC)COC(=O)CCCCCCCCCCCC/C=C\C/C=C\C/C=C\CCCCCCC. The van der Waals surface area contributed by atoms with Crippen molar-refractivity contribution in [3.63, 3.8) is 0 Å². The maximum Gasteiger partial charge on any atom is 0.306 e. The molecular formula is C64H110O6. The third-order valence-corrected chi connectivity index (χ3v) is 12.6. The number of unbranched alkanes of at least 4 members (excludes halogenated alkanes) is 28. The van der Waals surface area contributed by atoms with Crippen LogP contribution in [0.2, 0.25) is 0 Å². The summed E-state index contributed by atoms with van der Waals surface area (Å²) in [5.74, 6) is -0.897. The lowest BCUT2D eigenvalue weighted by Crippen LogP contribution is -2.30. The predicted molar refractivity (Wildman–Crippen MR) is 302 cm³/mol. The molecule has 402 valence electrons. The Morgan fingerprint density at radius 2 is 0.557 bits per heavy atom. The Balaban J connectivity index is 4.15. The smallest absolute Gasteiger partial charge is 0.306 e. The summed E-state index contributed by atoms with van der Waals surface area (Å²) in [7, 11) is 0. The molecule has 0 aromatic carbocycles. The molecule has 0 radical (unpaired) electrons. The Hall–Kier alpha value is -3.41. The zero-order valence-corrected chi connectivity index (χ0v) is 46.0. The summed E-state index contributed by atoms with van der Waals surface area (Å²) in [6.07, 6.45) is 76.1. The van der Waals surface area contributed by atoms with Crippen LogP contribution in [-0.2, 0) is 28.6 Å². The van der Waals surface area contributed by atoms with Crippen LogP contribution in [-0.4, -0.2) is 37.2 Å². The highest BCUT2D eigenvalue weighted by molar-refractivity contribution is 5.71. The van der Waals surface area contributed by atoms with E-state index in [1.54, 1.807) is 0 Å². The average molecular weight is 976 g/mol. The van der Waals surface area contributed by atoms with E-state index in [2.05, 4.69) is 106 Å². The summed E-state index contributed by atoms with van der Waals surface area (Å²) in [5, 5.41) is 0. The molecule has 6 nitrogen and oxygen atoms in total. The van der Waals surface area contributed by atoms with E-state index >= 15 is 0 Å². The molecule has 0 aliphatic carbocycles. The zero-order chi connectivity index (χ0) is 50.7. The van der Waals surface area contributed by atoms with Gasteiger partial charge in [-0.05, 0) is 96.3 Å². The highest BCUT2D eigenvalue weighted by Gasteiger charge is 2.19. The van der Waals surface area contributed by atoms with Crippen molar-refractivity contribution < 1.29 is 28.6 Å². The largest absolute Gasteiger partial charge is 0.462 e. The lowest BCUT2D eigenvalue weighted by atomic mass is 10.1. The fourth-order valence-electron chi connectivity index (χ4n) is 8.21. The van der Waals surface area contributed by atoms with Gasteiger partial charge in [-0.3, -0.25) is 14.4 Å². The van der Waals surface area contributed by atoms with Crippen molar-refractivity contribution in [3.05, 3.63) is 85.1 Å². The molecule has 0 saturated carbocycles. The topological polar surface area (TPSA) is 78.9 Å². The second-order valence-electron chi connectivity index (χ2n) is 19.5. The predicted octanol–water partition coefficient (Wildman–Crippen LogP) is 19.9. The average Bonchev–Trinajstić information content (AvgIpc) is 3.36. The molecule has 0 N–H and O–H groups in total. The van der Waals surface area contributed by atoms with E-state index in [1.165, 1.54) is 141 Å². The van der Waals surface area contributed by atoms with Gasteiger partial charge in [-0.15, -0.1) is 0 Å². The summed E-state index contributed by atoms with van der Waals surface area (Å²) in [6.45, 7) is 6.46. The molecule has 1 atom stereocenters. The number of rotatable bonds is 53. The molecule has 0 heterocycles. The molecule has 70 heavy (non-hydrogen) atoms. The Bertz CT molecular complexity index is 1350. The molecule has 0 aromatic heterocycles. The van der Waals surface area contributed by atoms with E-state index in [1.807, 2.05) is 0 Å². The highest BCUT2D eigenvalue weighted by atomic mass is 16.6. The van der Waals surface area contributed by atoms with Gasteiger partial charge in [0.15, 0.2) is 6.10 Å². The van der Waals surface area contributed by atoms with Gasteiger partial charge in [-0.1, -0.05) is 254 Å². The Kier molecular flexibility index (Phi) is 55.3. The number of hydrogen-bond acceptors (Lipinski definition) is 6. The van der Waals surface area contributed by atoms with Crippen LogP contribution in [0.25, 0.3) is 0 Å². The number of carbonyl (C=O) groups is 3. The van der Waals surface area contributed by atoms with Gasteiger partial charge in [0.1, 0.15) is 13.2 Å². The Morgan fingerprint density at radius 3 is 0.871 bits per heavy atom. The van der Waals surface area contributed by atoms with E-state index in [9.17, 15) is 14.4 Å². The third-order valence-electron chi connectivity index (χ3n) is 12.6. The first-order valence-corrected chi connectivity index (χ1v) is 29.6. The van der Waals surface area contributed by atoms with Crippen LogP contribution in [0, 0.1) is 0 Å². The van der Waals surface area contributed by atoms with Crippen LogP contribution in [0.1, 0.15) is 284 Å². The van der Waals surface area contributed by atoms with Crippen LogP contribution >= 0.6 is 0 Å². The number of carbonyl (C=O) groups excluding carboxylic acids is 3. The quantitative estimate of drug-likeness (QED) is 0.0261. The summed E-state index contributed by atoms with van der Waals surface area (Å²) in [6, 6.07) is 0. The first-order chi connectivity index (χ1) is 34.5. The van der Waals surface area contributed by atoms with Crippen molar-refractivity contribution in [2.45, 2.75) is 290 Å². The van der Waals surface area contributed by atoms with Gasteiger partial charge in [0.2, 0.25) is 0 Å². The first-order valence-electron chi connectivity index (χ1n) is 29.6. The molecule has 1 unspecified atom stereocenters. The first kappa shape index (κ1) is 66.6. The lowest BCUT2D eigenvalue weighted by Gasteiger charge is -2.18. The second kappa shape index (κ2) is 58.2. The van der Waals surface area contributed by atoms with Crippen molar-refractivity contribution in [2.75, 3.05) is 13.2 Å². The number of allylic oxidation sites excluding steroid dienone is 14. The van der Waals surface area contributed by atoms with E-state index in [0.717, 1.165) is 103 Å². The number of esters is 3. The van der Waals surface area contributed by atoms with Gasteiger partial charge in [-0.2, -0.15) is 0 Å². The minimum Gasteiger partial charge on any atom is -0.462 e. The van der Waals surface area contributed by atoms with E-state index in [0.29, 0.717) is 19.3 Å². The van der Waals surface area contributed by atoms with Crippen molar-refractivity contribution >= 4 is 17.9 Å². The van der Waals surface area contributed by atoms with E-state index < -0.39 is 6.10 Å². The molecule has 0 aromatic rings. The minimum atomic E-state index is -0.780. The summed E-state index contributed by atoms with van der Waals surface area (Å²) in [4.78, 5) is 37.9. The monoisotopic (exact) mass is 975 g/mol. The van der Waals surface area contributed by atoms with Gasteiger partial charge in [0.05, 0.1) is 0 Å². The van der Waals surface area contributed by atoms with Crippen LogP contribution in [0.15, 0.2) is 85.1 Å². The standard InChI is InChI=1S/C64H110O6/c1-4-7-10-13-16-18-20-22-24-26-28-30-31-32-33-35-36-38-40-42-44-46-48-51-54-57-63(66)69-60-61(59-68-62(65)56-53-50-15-12-9-6-3)70-64(67)58-55-52-49-47-45-43-41-39-37-34-29-27-25-23-21-19-17-14-11-8-5-2/h8,11,17,19-20,22-23,25-26,28-29,31-32,34,61H,4-7,9-10,12-16,18,21,24,27,30,33,35-60H2,1-3H3/b11-8-,19-17-,22-20-,25-23-,28-26-,32-31-,34-29-. The van der Waals surface area contributed by atoms with Crippen molar-refractivity contribution in [1.29, 1.82) is 0 Å². The molecule has 0 amide bonds.